The van der Waals surface area contributed by atoms with E-state index in [1.807, 2.05) is 43.3 Å². The van der Waals surface area contributed by atoms with Gasteiger partial charge in [-0.05, 0) is 71.6 Å². The normalized spacial score (nSPS) is 10.6. The van der Waals surface area contributed by atoms with Crippen LogP contribution in [0.4, 0.5) is 0 Å². The van der Waals surface area contributed by atoms with E-state index in [0.717, 1.165) is 27.9 Å². The second-order valence-electron chi connectivity index (χ2n) is 6.46. The Balaban J connectivity index is 1.81. The predicted octanol–water partition coefficient (Wildman–Crippen LogP) is 4.11. The molecule has 1 amide bonds. The van der Waals surface area contributed by atoms with Gasteiger partial charge in [-0.1, -0.05) is 17.7 Å². The quantitative estimate of drug-likeness (QED) is 0.658. The number of aryl methyl sites for hydroxylation is 1. The highest BCUT2D eigenvalue weighted by Crippen LogP contribution is 2.25. The lowest BCUT2D eigenvalue weighted by Gasteiger charge is -2.11. The monoisotopic (exact) mass is 395 g/mol. The van der Waals surface area contributed by atoms with E-state index in [9.17, 15) is 4.79 Å². The zero-order valence-corrected chi connectivity index (χ0v) is 16.6. The second kappa shape index (κ2) is 8.87. The van der Waals surface area contributed by atoms with Gasteiger partial charge >= 0.3 is 0 Å². The Bertz CT molecular complexity index is 1000. The molecule has 144 valence electrons. The summed E-state index contributed by atoms with van der Waals surface area (Å²) in [4.78, 5) is 16.9. The highest BCUT2D eigenvalue weighted by molar-refractivity contribution is 6.32. The molecule has 0 bridgehead atoms. The first-order valence-electron chi connectivity index (χ1n) is 8.88. The number of amides is 1. The number of pyridine rings is 1. The topological polar surface area (TPSA) is 77.2 Å². The van der Waals surface area contributed by atoms with Crippen molar-refractivity contribution in [2.24, 2.45) is 5.73 Å². The van der Waals surface area contributed by atoms with Crippen molar-refractivity contribution in [1.29, 1.82) is 0 Å². The fourth-order valence-corrected chi connectivity index (χ4v) is 3.22. The minimum atomic E-state index is -0.172. The van der Waals surface area contributed by atoms with Gasteiger partial charge in [0, 0.05) is 30.5 Å². The molecule has 3 aromatic rings. The Hall–Kier alpha value is -2.89. The SMILES string of the molecule is COc1ccc(CNC(=O)c2cc(CN)cc(-c3ccnc(C)c3)c2)cc1Cl. The van der Waals surface area contributed by atoms with Crippen LogP contribution in [0.15, 0.2) is 54.7 Å². The Morgan fingerprint density at radius 1 is 1.11 bits per heavy atom. The highest BCUT2D eigenvalue weighted by atomic mass is 35.5. The molecule has 3 rings (SSSR count). The van der Waals surface area contributed by atoms with Crippen molar-refractivity contribution in [3.63, 3.8) is 0 Å². The van der Waals surface area contributed by atoms with E-state index < -0.39 is 0 Å². The molecule has 0 spiro atoms. The van der Waals surface area contributed by atoms with Gasteiger partial charge in [-0.3, -0.25) is 9.78 Å². The summed E-state index contributed by atoms with van der Waals surface area (Å²) in [5, 5.41) is 3.44. The third-order valence-electron chi connectivity index (χ3n) is 4.39. The number of methoxy groups -OCH3 is 1. The van der Waals surface area contributed by atoms with Crippen molar-refractivity contribution in [2.45, 2.75) is 20.0 Å². The van der Waals surface area contributed by atoms with E-state index >= 15 is 0 Å². The third kappa shape index (κ3) is 4.68. The molecule has 2 aromatic carbocycles. The third-order valence-corrected chi connectivity index (χ3v) is 4.69. The van der Waals surface area contributed by atoms with Crippen LogP contribution < -0.4 is 15.8 Å². The van der Waals surface area contributed by atoms with Gasteiger partial charge in [0.2, 0.25) is 0 Å². The molecule has 0 aliphatic heterocycles. The van der Waals surface area contributed by atoms with Crippen molar-refractivity contribution in [2.75, 3.05) is 7.11 Å². The van der Waals surface area contributed by atoms with Crippen LogP contribution in [0.3, 0.4) is 0 Å². The number of nitrogens with one attached hydrogen (secondary N) is 1. The summed E-state index contributed by atoms with van der Waals surface area (Å²) < 4.78 is 5.15. The van der Waals surface area contributed by atoms with Crippen LogP contribution in [0.2, 0.25) is 5.02 Å². The van der Waals surface area contributed by atoms with Crippen LogP contribution in [-0.2, 0) is 13.1 Å². The van der Waals surface area contributed by atoms with Crippen molar-refractivity contribution < 1.29 is 9.53 Å². The summed E-state index contributed by atoms with van der Waals surface area (Å²) in [6.07, 6.45) is 1.76. The molecule has 0 unspecified atom stereocenters. The minimum Gasteiger partial charge on any atom is -0.495 e. The molecule has 1 aromatic heterocycles. The predicted molar refractivity (Wildman–Crippen MR) is 111 cm³/mol. The van der Waals surface area contributed by atoms with E-state index in [2.05, 4.69) is 10.3 Å². The molecule has 0 aliphatic rings. The van der Waals surface area contributed by atoms with Gasteiger partial charge in [0.15, 0.2) is 0 Å². The van der Waals surface area contributed by atoms with Gasteiger partial charge < -0.3 is 15.8 Å². The number of ether oxygens (including phenoxy) is 1. The maximum atomic E-state index is 12.7. The van der Waals surface area contributed by atoms with E-state index in [-0.39, 0.29) is 5.91 Å². The van der Waals surface area contributed by atoms with E-state index in [1.165, 1.54) is 0 Å². The standard InChI is InChI=1S/C22H22ClN3O2/c1-14-7-17(5-6-25-14)18-8-16(12-24)9-19(11-18)22(27)26-13-15-3-4-21(28-2)20(23)10-15/h3-11H,12-13,24H2,1-2H3,(H,26,27). The van der Waals surface area contributed by atoms with Gasteiger partial charge in [-0.15, -0.1) is 0 Å². The first-order valence-corrected chi connectivity index (χ1v) is 9.25. The molecule has 0 saturated carbocycles. The molecular formula is C22H22ClN3O2. The zero-order valence-electron chi connectivity index (χ0n) is 15.8. The number of aromatic nitrogens is 1. The number of nitrogens with zero attached hydrogens (tertiary/aromatic N) is 1. The number of hydrogen-bond acceptors (Lipinski definition) is 4. The number of rotatable bonds is 6. The molecule has 6 heteroatoms. The van der Waals surface area contributed by atoms with E-state index in [0.29, 0.717) is 29.4 Å². The number of carbonyl (C=O) groups is 1. The molecule has 0 saturated heterocycles. The molecule has 1 heterocycles. The number of hydrogen-bond donors (Lipinski definition) is 2. The largest absolute Gasteiger partial charge is 0.495 e. The Labute approximate surface area is 169 Å². The van der Waals surface area contributed by atoms with Gasteiger partial charge in [0.25, 0.3) is 5.91 Å². The minimum absolute atomic E-state index is 0.172. The lowest BCUT2D eigenvalue weighted by molar-refractivity contribution is 0.0951. The lowest BCUT2D eigenvalue weighted by Crippen LogP contribution is -2.23. The van der Waals surface area contributed by atoms with Gasteiger partial charge in [-0.2, -0.15) is 0 Å². The molecule has 0 fully saturated rings. The fourth-order valence-electron chi connectivity index (χ4n) is 2.94. The van der Waals surface area contributed by atoms with Crippen LogP contribution in [0.1, 0.15) is 27.2 Å². The first-order chi connectivity index (χ1) is 13.5. The number of halogens is 1. The van der Waals surface area contributed by atoms with Crippen LogP contribution >= 0.6 is 11.6 Å². The zero-order chi connectivity index (χ0) is 20.1. The lowest BCUT2D eigenvalue weighted by atomic mass is 9.99. The van der Waals surface area contributed by atoms with Crippen LogP contribution in [0, 0.1) is 6.92 Å². The summed E-state index contributed by atoms with van der Waals surface area (Å²) in [6.45, 7) is 2.65. The molecule has 28 heavy (non-hydrogen) atoms. The molecule has 3 N–H and O–H groups in total. The highest BCUT2D eigenvalue weighted by Gasteiger charge is 2.11. The van der Waals surface area contributed by atoms with Crippen LogP contribution in [0.25, 0.3) is 11.1 Å². The van der Waals surface area contributed by atoms with Crippen LogP contribution in [0.5, 0.6) is 5.75 Å². The molecule has 0 radical (unpaired) electrons. The van der Waals surface area contributed by atoms with Crippen molar-refractivity contribution in [3.05, 3.63) is 82.1 Å². The summed E-state index contributed by atoms with van der Waals surface area (Å²) >= 11 is 6.15. The van der Waals surface area contributed by atoms with Gasteiger partial charge in [-0.25, -0.2) is 0 Å². The maximum absolute atomic E-state index is 12.7. The number of nitrogens with two attached hydrogens (primary N) is 1. The van der Waals surface area contributed by atoms with E-state index in [4.69, 9.17) is 22.1 Å². The number of carbonyl (C=O) groups excluding carboxylic acids is 1. The Morgan fingerprint density at radius 2 is 1.93 bits per heavy atom. The molecular weight excluding hydrogens is 374 g/mol. The Morgan fingerprint density at radius 3 is 2.61 bits per heavy atom. The maximum Gasteiger partial charge on any atom is 0.251 e. The van der Waals surface area contributed by atoms with Crippen molar-refractivity contribution in [3.8, 4) is 16.9 Å². The first kappa shape index (κ1) is 19.9. The molecule has 0 aliphatic carbocycles. The van der Waals surface area contributed by atoms with Crippen molar-refractivity contribution in [1.82, 2.24) is 10.3 Å². The number of benzene rings is 2. The summed E-state index contributed by atoms with van der Waals surface area (Å²) in [5.41, 5.74) is 11.0. The van der Waals surface area contributed by atoms with Crippen molar-refractivity contribution >= 4 is 17.5 Å². The molecule has 0 atom stereocenters. The average molecular weight is 396 g/mol. The van der Waals surface area contributed by atoms with Crippen LogP contribution in [-0.4, -0.2) is 18.0 Å². The van der Waals surface area contributed by atoms with Gasteiger partial charge in [0.1, 0.15) is 5.75 Å². The summed E-state index contributed by atoms with van der Waals surface area (Å²) in [7, 11) is 1.56. The average Bonchev–Trinajstić information content (AvgIpc) is 2.71. The second-order valence-corrected chi connectivity index (χ2v) is 6.87. The fraction of sp³-hybridized carbons (Fsp3) is 0.182. The Kier molecular flexibility index (Phi) is 6.29. The summed E-state index contributed by atoms with van der Waals surface area (Å²) in [5.74, 6) is 0.430. The van der Waals surface area contributed by atoms with E-state index in [1.54, 1.807) is 25.4 Å². The summed E-state index contributed by atoms with van der Waals surface area (Å²) in [6, 6.07) is 15.0. The smallest absolute Gasteiger partial charge is 0.251 e. The van der Waals surface area contributed by atoms with Gasteiger partial charge in [0.05, 0.1) is 12.1 Å². The molecule has 5 nitrogen and oxygen atoms in total.